The van der Waals surface area contributed by atoms with Crippen molar-refractivity contribution in [2.45, 2.75) is 18.5 Å². The van der Waals surface area contributed by atoms with Crippen LogP contribution in [0.3, 0.4) is 0 Å². The van der Waals surface area contributed by atoms with E-state index in [4.69, 9.17) is 5.73 Å². The molecule has 0 aliphatic heterocycles. The van der Waals surface area contributed by atoms with Crippen molar-refractivity contribution >= 4 is 5.91 Å². The molecule has 2 aromatic heterocycles. The molecule has 4 rings (SSSR count). The van der Waals surface area contributed by atoms with Gasteiger partial charge in [0.15, 0.2) is 0 Å². The molecule has 9 heteroatoms. The van der Waals surface area contributed by atoms with Crippen molar-refractivity contribution in [3.8, 4) is 22.5 Å². The number of nitrogens with one attached hydrogen (secondary N) is 2. The molecule has 0 fully saturated rings. The van der Waals surface area contributed by atoms with Gasteiger partial charge in [-0.3, -0.25) is 14.9 Å². The second-order valence-electron chi connectivity index (χ2n) is 7.79. The minimum absolute atomic E-state index is 0.0371. The SMILES string of the molecule is N[C@H](CO)[C@@H](Cc1ccccn1)NC(=O)c1cccc(F)c1-c1cc(-c2ccc(F)cc2)n[nH]1. The third-order valence-electron chi connectivity index (χ3n) is 5.44. The standard InChI is InChI=1S/C25H23F2N5O2/c26-16-9-7-15(8-10-16)21-13-23(32-31-21)24-18(5-3-6-19(24)27)25(34)30-22(20(28)14-33)12-17-4-1-2-11-29-17/h1-11,13,20,22,33H,12,14,28H2,(H,30,34)(H,31,32)/t20-,22-/m1/s1. The fraction of sp³-hybridized carbons (Fsp3) is 0.160. The zero-order valence-corrected chi connectivity index (χ0v) is 18.1. The van der Waals surface area contributed by atoms with Crippen LogP contribution in [0.25, 0.3) is 22.5 Å². The Labute approximate surface area is 194 Å². The van der Waals surface area contributed by atoms with E-state index in [9.17, 15) is 18.7 Å². The number of rotatable bonds is 8. The van der Waals surface area contributed by atoms with Crippen LogP contribution in [0.1, 0.15) is 16.1 Å². The summed E-state index contributed by atoms with van der Waals surface area (Å²) in [4.78, 5) is 17.5. The van der Waals surface area contributed by atoms with E-state index < -0.39 is 23.8 Å². The van der Waals surface area contributed by atoms with Crippen LogP contribution < -0.4 is 11.1 Å². The molecule has 0 radical (unpaired) electrons. The molecule has 2 atom stereocenters. The first-order valence-corrected chi connectivity index (χ1v) is 10.6. The van der Waals surface area contributed by atoms with Gasteiger partial charge >= 0.3 is 0 Å². The molecule has 0 saturated heterocycles. The first-order valence-electron chi connectivity index (χ1n) is 10.6. The number of aromatic amines is 1. The molecular formula is C25H23F2N5O2. The van der Waals surface area contributed by atoms with Crippen molar-refractivity contribution < 1.29 is 18.7 Å². The number of benzene rings is 2. The Morgan fingerprint density at radius 2 is 1.88 bits per heavy atom. The number of hydrogen-bond acceptors (Lipinski definition) is 5. The summed E-state index contributed by atoms with van der Waals surface area (Å²) in [5, 5.41) is 19.3. The Balaban J connectivity index is 1.63. The number of amides is 1. The molecule has 5 N–H and O–H groups in total. The number of hydrogen-bond donors (Lipinski definition) is 4. The van der Waals surface area contributed by atoms with E-state index in [0.29, 0.717) is 17.0 Å². The number of aliphatic hydroxyl groups excluding tert-OH is 1. The predicted octanol–water partition coefficient (Wildman–Crippen LogP) is 3.08. The van der Waals surface area contributed by atoms with E-state index in [0.717, 1.165) is 0 Å². The smallest absolute Gasteiger partial charge is 0.252 e. The minimum Gasteiger partial charge on any atom is -0.395 e. The van der Waals surface area contributed by atoms with E-state index >= 15 is 0 Å². The number of nitrogens with two attached hydrogens (primary N) is 1. The number of nitrogens with zero attached hydrogens (tertiary/aromatic N) is 2. The summed E-state index contributed by atoms with van der Waals surface area (Å²) >= 11 is 0. The van der Waals surface area contributed by atoms with Crippen LogP contribution in [-0.4, -0.2) is 44.9 Å². The molecule has 2 heterocycles. The number of carbonyl (C=O) groups is 1. The Bertz CT molecular complexity index is 1260. The third-order valence-corrected chi connectivity index (χ3v) is 5.44. The normalized spacial score (nSPS) is 12.8. The fourth-order valence-corrected chi connectivity index (χ4v) is 3.63. The first-order chi connectivity index (χ1) is 16.5. The number of aliphatic hydroxyl groups is 1. The van der Waals surface area contributed by atoms with Crippen LogP contribution in [-0.2, 0) is 6.42 Å². The highest BCUT2D eigenvalue weighted by molar-refractivity contribution is 6.01. The molecule has 7 nitrogen and oxygen atoms in total. The molecule has 2 aromatic carbocycles. The van der Waals surface area contributed by atoms with Gasteiger partial charge in [-0.15, -0.1) is 0 Å². The highest BCUT2D eigenvalue weighted by Gasteiger charge is 2.24. The van der Waals surface area contributed by atoms with Crippen LogP contribution in [0.5, 0.6) is 0 Å². The van der Waals surface area contributed by atoms with Gasteiger partial charge in [-0.05, 0) is 54.6 Å². The molecule has 1 amide bonds. The lowest BCUT2D eigenvalue weighted by Gasteiger charge is -2.24. The van der Waals surface area contributed by atoms with E-state index in [1.807, 2.05) is 6.07 Å². The van der Waals surface area contributed by atoms with Gasteiger partial charge in [-0.1, -0.05) is 12.1 Å². The number of aromatic nitrogens is 3. The van der Waals surface area contributed by atoms with E-state index in [1.165, 1.54) is 30.3 Å². The zero-order valence-electron chi connectivity index (χ0n) is 18.1. The van der Waals surface area contributed by atoms with Gasteiger partial charge in [0.2, 0.25) is 0 Å². The van der Waals surface area contributed by atoms with Gasteiger partial charge in [0.1, 0.15) is 11.6 Å². The first kappa shape index (κ1) is 23.2. The summed E-state index contributed by atoms with van der Waals surface area (Å²) in [6.45, 7) is -0.352. The maximum Gasteiger partial charge on any atom is 0.252 e. The van der Waals surface area contributed by atoms with Gasteiger partial charge < -0.3 is 16.2 Å². The summed E-state index contributed by atoms with van der Waals surface area (Å²) in [5.74, 6) is -1.55. The Morgan fingerprint density at radius 1 is 1.09 bits per heavy atom. The van der Waals surface area contributed by atoms with Gasteiger partial charge in [0, 0.05) is 35.5 Å². The van der Waals surface area contributed by atoms with Crippen molar-refractivity contribution in [3.63, 3.8) is 0 Å². The lowest BCUT2D eigenvalue weighted by molar-refractivity contribution is 0.0923. The van der Waals surface area contributed by atoms with Gasteiger partial charge in [-0.2, -0.15) is 5.10 Å². The van der Waals surface area contributed by atoms with Crippen LogP contribution in [0.4, 0.5) is 8.78 Å². The van der Waals surface area contributed by atoms with Crippen molar-refractivity contribution in [2.24, 2.45) is 5.73 Å². The second-order valence-corrected chi connectivity index (χ2v) is 7.79. The maximum atomic E-state index is 14.9. The lowest BCUT2D eigenvalue weighted by Crippen LogP contribution is -2.51. The second kappa shape index (κ2) is 10.3. The predicted molar refractivity (Wildman–Crippen MR) is 124 cm³/mol. The highest BCUT2D eigenvalue weighted by Crippen LogP contribution is 2.29. The average molecular weight is 463 g/mol. The third kappa shape index (κ3) is 5.16. The Morgan fingerprint density at radius 3 is 2.59 bits per heavy atom. The molecule has 174 valence electrons. The molecular weight excluding hydrogens is 440 g/mol. The molecule has 0 bridgehead atoms. The number of pyridine rings is 1. The molecule has 0 unspecified atom stereocenters. The summed E-state index contributed by atoms with van der Waals surface area (Å²) in [7, 11) is 0. The van der Waals surface area contributed by atoms with Crippen LogP contribution >= 0.6 is 0 Å². The Kier molecular flexibility index (Phi) is 7.05. The summed E-state index contributed by atoms with van der Waals surface area (Å²) in [5.41, 5.74) is 8.23. The molecule has 0 spiro atoms. The van der Waals surface area contributed by atoms with Crippen molar-refractivity contribution in [2.75, 3.05) is 6.61 Å². The van der Waals surface area contributed by atoms with Crippen LogP contribution in [0.15, 0.2) is 72.9 Å². The average Bonchev–Trinajstić information content (AvgIpc) is 3.33. The van der Waals surface area contributed by atoms with Gasteiger partial charge in [-0.25, -0.2) is 8.78 Å². The summed E-state index contributed by atoms with van der Waals surface area (Å²) in [6, 6.07) is 15.5. The highest BCUT2D eigenvalue weighted by atomic mass is 19.1. The van der Waals surface area contributed by atoms with Gasteiger partial charge in [0.05, 0.1) is 29.6 Å². The van der Waals surface area contributed by atoms with Crippen LogP contribution in [0, 0.1) is 11.6 Å². The minimum atomic E-state index is -0.750. The molecule has 0 aliphatic carbocycles. The number of H-pyrrole nitrogens is 1. The lowest BCUT2D eigenvalue weighted by atomic mass is 9.99. The molecule has 0 aliphatic rings. The molecule has 4 aromatic rings. The van der Waals surface area contributed by atoms with E-state index in [-0.39, 0.29) is 35.7 Å². The number of halogens is 2. The Hall–Kier alpha value is -3.95. The summed E-state index contributed by atoms with van der Waals surface area (Å²) < 4.78 is 28.2. The zero-order chi connectivity index (χ0) is 24.1. The number of carbonyl (C=O) groups excluding carboxylic acids is 1. The molecule has 0 saturated carbocycles. The van der Waals surface area contributed by atoms with Crippen molar-refractivity contribution in [3.05, 3.63) is 95.8 Å². The topological polar surface area (TPSA) is 117 Å². The molecule has 34 heavy (non-hydrogen) atoms. The largest absolute Gasteiger partial charge is 0.395 e. The fourth-order valence-electron chi connectivity index (χ4n) is 3.63. The van der Waals surface area contributed by atoms with Crippen molar-refractivity contribution in [1.29, 1.82) is 0 Å². The van der Waals surface area contributed by atoms with Crippen molar-refractivity contribution in [1.82, 2.24) is 20.5 Å². The van der Waals surface area contributed by atoms with E-state index in [1.54, 1.807) is 36.5 Å². The summed E-state index contributed by atoms with van der Waals surface area (Å²) in [6.07, 6.45) is 1.91. The quantitative estimate of drug-likeness (QED) is 0.320. The van der Waals surface area contributed by atoms with E-state index in [2.05, 4.69) is 20.5 Å². The maximum absolute atomic E-state index is 14.9. The van der Waals surface area contributed by atoms with Gasteiger partial charge in [0.25, 0.3) is 5.91 Å². The van der Waals surface area contributed by atoms with Crippen LogP contribution in [0.2, 0.25) is 0 Å². The monoisotopic (exact) mass is 463 g/mol.